The van der Waals surface area contributed by atoms with Crippen molar-refractivity contribution in [3.63, 3.8) is 0 Å². The number of rotatable bonds is 8. The number of nitrogens with two attached hydrogens (primary N) is 1. The molecule has 0 heterocycles. The number of nitrogens with zero attached hydrogens (tertiary/aromatic N) is 1. The first kappa shape index (κ1) is 15.2. The summed E-state index contributed by atoms with van der Waals surface area (Å²) < 4.78 is 5.49. The van der Waals surface area contributed by atoms with Gasteiger partial charge in [-0.15, -0.1) is 0 Å². The lowest BCUT2D eigenvalue weighted by Crippen LogP contribution is -2.54. The summed E-state index contributed by atoms with van der Waals surface area (Å²) in [5.74, 6) is -0.0144. The van der Waals surface area contributed by atoms with Crippen molar-refractivity contribution in [2.75, 3.05) is 6.61 Å². The van der Waals surface area contributed by atoms with Crippen LogP contribution in [0, 0.1) is 10.1 Å². The van der Waals surface area contributed by atoms with Gasteiger partial charge in [-0.3, -0.25) is 14.9 Å². The Labute approximate surface area is 122 Å². The molecular weight excluding hydrogens is 274 g/mol. The number of carbonyl (C=O) groups excluding carboxylic acids is 1. The summed E-state index contributed by atoms with van der Waals surface area (Å²) in [6.07, 6.45) is 2.50. The largest absolute Gasteiger partial charge is 0.493 e. The van der Waals surface area contributed by atoms with Gasteiger partial charge in [-0.05, 0) is 25.8 Å². The Morgan fingerprint density at radius 2 is 2.29 bits per heavy atom. The molecule has 7 heteroatoms. The monoisotopic (exact) mass is 293 g/mol. The molecule has 1 aliphatic carbocycles. The molecular formula is C14H19N3O4. The van der Waals surface area contributed by atoms with Crippen LogP contribution in [0.1, 0.15) is 26.2 Å². The molecule has 0 spiro atoms. The fraction of sp³-hybridized carbons (Fsp3) is 0.500. The molecule has 0 bridgehead atoms. The molecule has 1 aromatic carbocycles. The number of ether oxygens (including phenoxy) is 1. The zero-order valence-corrected chi connectivity index (χ0v) is 11.9. The van der Waals surface area contributed by atoms with E-state index in [1.807, 2.05) is 0 Å². The number of nitrogens with one attached hydrogen (secondary N) is 1. The van der Waals surface area contributed by atoms with Gasteiger partial charge < -0.3 is 15.8 Å². The van der Waals surface area contributed by atoms with Gasteiger partial charge in [0.05, 0.1) is 23.1 Å². The number of amides is 1. The van der Waals surface area contributed by atoms with Crippen molar-refractivity contribution in [3.05, 3.63) is 34.4 Å². The minimum Gasteiger partial charge on any atom is -0.493 e. The highest BCUT2D eigenvalue weighted by molar-refractivity contribution is 5.84. The van der Waals surface area contributed by atoms with Gasteiger partial charge in [-0.2, -0.15) is 0 Å². The standard InChI is InChI=1S/C14H19N3O4/c1-14(13(15)18,16-10-5-6-10)7-8-21-12-4-2-3-11(9-12)17(19)20/h2-4,9-10,16H,5-8H2,1H3,(H2,15,18). The zero-order chi connectivity index (χ0) is 15.5. The summed E-state index contributed by atoms with van der Waals surface area (Å²) in [5.41, 5.74) is 4.60. The molecule has 0 aliphatic heterocycles. The smallest absolute Gasteiger partial charge is 0.273 e. The highest BCUT2D eigenvalue weighted by Gasteiger charge is 2.36. The molecule has 1 aliphatic rings. The van der Waals surface area contributed by atoms with Crippen molar-refractivity contribution in [2.24, 2.45) is 5.73 Å². The second-order valence-electron chi connectivity index (χ2n) is 5.47. The molecule has 0 saturated heterocycles. The molecule has 0 aromatic heterocycles. The molecule has 2 rings (SSSR count). The molecule has 1 atom stereocenters. The van der Waals surface area contributed by atoms with Crippen LogP contribution in [0.25, 0.3) is 0 Å². The second kappa shape index (κ2) is 6.09. The van der Waals surface area contributed by atoms with Gasteiger partial charge in [0.25, 0.3) is 5.69 Å². The third-order valence-corrected chi connectivity index (χ3v) is 3.54. The topological polar surface area (TPSA) is 107 Å². The summed E-state index contributed by atoms with van der Waals surface area (Å²) in [7, 11) is 0. The Hall–Kier alpha value is -2.15. The lowest BCUT2D eigenvalue weighted by molar-refractivity contribution is -0.384. The maximum atomic E-state index is 11.6. The molecule has 7 nitrogen and oxygen atoms in total. The van der Waals surface area contributed by atoms with Gasteiger partial charge in [-0.1, -0.05) is 6.07 Å². The Balaban J connectivity index is 1.91. The average Bonchev–Trinajstić information content (AvgIpc) is 3.22. The highest BCUT2D eigenvalue weighted by atomic mass is 16.6. The molecule has 1 amide bonds. The van der Waals surface area contributed by atoms with Gasteiger partial charge >= 0.3 is 0 Å². The first-order valence-electron chi connectivity index (χ1n) is 6.85. The number of hydrogen-bond donors (Lipinski definition) is 2. The molecule has 3 N–H and O–H groups in total. The summed E-state index contributed by atoms with van der Waals surface area (Å²) in [5, 5.41) is 13.9. The molecule has 21 heavy (non-hydrogen) atoms. The van der Waals surface area contributed by atoms with Gasteiger partial charge in [0.2, 0.25) is 5.91 Å². The number of nitro benzene ring substituents is 1. The summed E-state index contributed by atoms with van der Waals surface area (Å²) in [4.78, 5) is 21.8. The van der Waals surface area contributed by atoms with E-state index in [0.717, 1.165) is 12.8 Å². The van der Waals surface area contributed by atoms with Crippen molar-refractivity contribution in [2.45, 2.75) is 37.8 Å². The van der Waals surface area contributed by atoms with E-state index in [0.29, 0.717) is 18.2 Å². The van der Waals surface area contributed by atoms with Crippen LogP contribution in [0.5, 0.6) is 5.75 Å². The number of primary amides is 1. The normalized spacial score (nSPS) is 17.0. The van der Waals surface area contributed by atoms with E-state index in [4.69, 9.17) is 10.5 Å². The van der Waals surface area contributed by atoms with Crippen LogP contribution in [0.2, 0.25) is 0 Å². The number of hydrogen-bond acceptors (Lipinski definition) is 5. The summed E-state index contributed by atoms with van der Waals surface area (Å²) in [6, 6.07) is 6.30. The highest BCUT2D eigenvalue weighted by Crippen LogP contribution is 2.25. The van der Waals surface area contributed by atoms with Crippen LogP contribution in [-0.4, -0.2) is 29.0 Å². The van der Waals surface area contributed by atoms with Crippen molar-refractivity contribution in [3.8, 4) is 5.75 Å². The SMILES string of the molecule is CC(CCOc1cccc([N+](=O)[O-])c1)(NC1CC1)C(N)=O. The number of carbonyl (C=O) groups is 1. The predicted molar refractivity (Wildman–Crippen MR) is 77.0 cm³/mol. The number of benzene rings is 1. The van der Waals surface area contributed by atoms with Crippen LogP contribution < -0.4 is 15.8 Å². The van der Waals surface area contributed by atoms with Crippen molar-refractivity contribution in [1.29, 1.82) is 0 Å². The molecule has 0 radical (unpaired) electrons. The Kier molecular flexibility index (Phi) is 4.42. The lowest BCUT2D eigenvalue weighted by atomic mass is 9.97. The van der Waals surface area contributed by atoms with E-state index in [2.05, 4.69) is 5.32 Å². The molecule has 1 fully saturated rings. The minimum absolute atomic E-state index is 0.0266. The maximum absolute atomic E-state index is 11.6. The van der Waals surface area contributed by atoms with Crippen molar-refractivity contribution >= 4 is 11.6 Å². The zero-order valence-electron chi connectivity index (χ0n) is 11.9. The van der Waals surface area contributed by atoms with E-state index in [9.17, 15) is 14.9 Å². The first-order chi connectivity index (χ1) is 9.90. The van der Waals surface area contributed by atoms with Crippen molar-refractivity contribution in [1.82, 2.24) is 5.32 Å². The van der Waals surface area contributed by atoms with E-state index >= 15 is 0 Å². The number of non-ortho nitro benzene ring substituents is 1. The lowest BCUT2D eigenvalue weighted by Gasteiger charge is -2.27. The van der Waals surface area contributed by atoms with Gasteiger partial charge in [0.1, 0.15) is 5.75 Å². The van der Waals surface area contributed by atoms with Crippen LogP contribution in [-0.2, 0) is 4.79 Å². The molecule has 1 saturated carbocycles. The summed E-state index contributed by atoms with van der Waals surface area (Å²) in [6.45, 7) is 2.00. The maximum Gasteiger partial charge on any atom is 0.273 e. The quantitative estimate of drug-likeness (QED) is 0.556. The van der Waals surface area contributed by atoms with E-state index in [1.54, 1.807) is 19.1 Å². The fourth-order valence-corrected chi connectivity index (χ4v) is 2.00. The number of nitro groups is 1. The first-order valence-corrected chi connectivity index (χ1v) is 6.85. The minimum atomic E-state index is -0.818. The Morgan fingerprint density at radius 1 is 1.57 bits per heavy atom. The second-order valence-corrected chi connectivity index (χ2v) is 5.47. The third-order valence-electron chi connectivity index (χ3n) is 3.54. The van der Waals surface area contributed by atoms with Gasteiger partial charge in [-0.25, -0.2) is 0 Å². The summed E-state index contributed by atoms with van der Waals surface area (Å²) >= 11 is 0. The van der Waals surface area contributed by atoms with Gasteiger partial charge in [0.15, 0.2) is 0 Å². The fourth-order valence-electron chi connectivity index (χ4n) is 2.00. The van der Waals surface area contributed by atoms with Crippen LogP contribution in [0.3, 0.4) is 0 Å². The van der Waals surface area contributed by atoms with Crippen molar-refractivity contribution < 1.29 is 14.5 Å². The average molecular weight is 293 g/mol. The molecule has 1 unspecified atom stereocenters. The van der Waals surface area contributed by atoms with Gasteiger partial charge in [0, 0.05) is 18.5 Å². The van der Waals surface area contributed by atoms with Crippen LogP contribution in [0.15, 0.2) is 24.3 Å². The van der Waals surface area contributed by atoms with Crippen LogP contribution >= 0.6 is 0 Å². The van der Waals surface area contributed by atoms with E-state index in [1.165, 1.54) is 12.1 Å². The molecule has 1 aromatic rings. The van der Waals surface area contributed by atoms with E-state index in [-0.39, 0.29) is 12.3 Å². The Bertz CT molecular complexity index is 545. The van der Waals surface area contributed by atoms with E-state index < -0.39 is 16.4 Å². The third kappa shape index (κ3) is 4.16. The molecule has 114 valence electrons. The predicted octanol–water partition coefficient (Wildman–Crippen LogP) is 1.36. The van der Waals surface area contributed by atoms with Crippen LogP contribution in [0.4, 0.5) is 5.69 Å². The Morgan fingerprint density at radius 3 is 2.86 bits per heavy atom.